The van der Waals surface area contributed by atoms with Crippen LogP contribution in [0, 0.1) is 0 Å². The standard InChI is InChI=1S/C6H7ClN2O3S.Na/c7-5-3-1-2-4-6(5)8-9-13(10,11)12;/h1-4,8-9H,(H,10,11,12);/q;+1/p-1. The first-order valence-corrected chi connectivity index (χ1v) is 5.01. The molecule has 0 aliphatic carbocycles. The molecule has 0 saturated heterocycles. The Labute approximate surface area is 109 Å². The number of para-hydroxylation sites is 1. The summed E-state index contributed by atoms with van der Waals surface area (Å²) < 4.78 is 30.4. The average molecular weight is 245 g/mol. The molecule has 0 spiro atoms. The van der Waals surface area contributed by atoms with Gasteiger partial charge in [0.1, 0.15) is 0 Å². The van der Waals surface area contributed by atoms with Crippen molar-refractivity contribution in [1.29, 1.82) is 0 Å². The second-order valence-electron chi connectivity index (χ2n) is 2.16. The van der Waals surface area contributed by atoms with Gasteiger partial charge >= 0.3 is 29.6 Å². The van der Waals surface area contributed by atoms with Crippen LogP contribution in [0.25, 0.3) is 0 Å². The number of hydrogen-bond acceptors (Lipinski definition) is 4. The molecular formula is C6H6ClN2NaO3S. The fraction of sp³-hybridized carbons (Fsp3) is 0. The molecule has 2 N–H and O–H groups in total. The molecule has 0 bridgehead atoms. The number of anilines is 1. The van der Waals surface area contributed by atoms with Crippen molar-refractivity contribution in [2.75, 3.05) is 5.43 Å². The van der Waals surface area contributed by atoms with E-state index in [4.69, 9.17) is 11.6 Å². The third-order valence-corrected chi connectivity index (χ3v) is 1.87. The van der Waals surface area contributed by atoms with Crippen LogP contribution in [0.15, 0.2) is 24.3 Å². The van der Waals surface area contributed by atoms with Crippen LogP contribution < -0.4 is 39.8 Å². The Hall–Kier alpha value is 0.180. The van der Waals surface area contributed by atoms with E-state index in [0.29, 0.717) is 10.7 Å². The van der Waals surface area contributed by atoms with Gasteiger partial charge in [-0.3, -0.25) is 0 Å². The van der Waals surface area contributed by atoms with E-state index in [1.54, 1.807) is 23.0 Å². The van der Waals surface area contributed by atoms with Crippen LogP contribution in [0.2, 0.25) is 5.02 Å². The van der Waals surface area contributed by atoms with Crippen molar-refractivity contribution < 1.29 is 42.5 Å². The van der Waals surface area contributed by atoms with E-state index in [1.165, 1.54) is 6.07 Å². The van der Waals surface area contributed by atoms with E-state index >= 15 is 0 Å². The SMILES string of the molecule is O=S(=O)([O-])NNc1ccccc1Cl.[Na+]. The van der Waals surface area contributed by atoms with E-state index in [9.17, 15) is 13.0 Å². The summed E-state index contributed by atoms with van der Waals surface area (Å²) in [6.45, 7) is 0. The van der Waals surface area contributed by atoms with Crippen molar-refractivity contribution >= 4 is 27.6 Å². The monoisotopic (exact) mass is 244 g/mol. The van der Waals surface area contributed by atoms with Crippen molar-refractivity contribution in [3.63, 3.8) is 0 Å². The van der Waals surface area contributed by atoms with Gasteiger partial charge in [-0.2, -0.15) is 0 Å². The minimum absolute atomic E-state index is 0. The predicted octanol–water partition coefficient (Wildman–Crippen LogP) is -2.28. The summed E-state index contributed by atoms with van der Waals surface area (Å²) in [5.74, 6) is 0. The van der Waals surface area contributed by atoms with Crippen molar-refractivity contribution in [3.8, 4) is 0 Å². The maximum Gasteiger partial charge on any atom is 1.00 e. The minimum atomic E-state index is -4.51. The number of hydrazine groups is 1. The molecule has 1 aromatic carbocycles. The van der Waals surface area contributed by atoms with E-state index in [2.05, 4.69) is 5.43 Å². The summed E-state index contributed by atoms with van der Waals surface area (Å²) in [4.78, 5) is 1.56. The molecular weight excluding hydrogens is 239 g/mol. The smallest absolute Gasteiger partial charge is 0.734 e. The molecule has 0 fully saturated rings. The number of nitrogens with one attached hydrogen (secondary N) is 2. The Balaban J connectivity index is 0.00000169. The Bertz CT molecular complexity index is 398. The van der Waals surface area contributed by atoms with Gasteiger partial charge in [0.2, 0.25) is 0 Å². The summed E-state index contributed by atoms with van der Waals surface area (Å²) >= 11 is 5.65. The van der Waals surface area contributed by atoms with E-state index in [1.807, 2.05) is 0 Å². The molecule has 1 rings (SSSR count). The van der Waals surface area contributed by atoms with Gasteiger partial charge in [-0.1, -0.05) is 23.7 Å². The molecule has 0 saturated carbocycles. The summed E-state index contributed by atoms with van der Waals surface area (Å²) in [7, 11) is -4.51. The van der Waals surface area contributed by atoms with Crippen LogP contribution in [-0.4, -0.2) is 13.0 Å². The topological polar surface area (TPSA) is 81.3 Å². The molecule has 0 aliphatic heterocycles. The molecule has 0 unspecified atom stereocenters. The van der Waals surface area contributed by atoms with Gasteiger partial charge < -0.3 is 9.98 Å². The molecule has 0 aliphatic rings. The predicted molar refractivity (Wildman–Crippen MR) is 47.9 cm³/mol. The van der Waals surface area contributed by atoms with Crippen LogP contribution in [0.5, 0.6) is 0 Å². The van der Waals surface area contributed by atoms with Crippen molar-refractivity contribution in [2.45, 2.75) is 0 Å². The first-order valence-electron chi connectivity index (χ1n) is 3.22. The zero-order valence-corrected chi connectivity index (χ0v) is 10.9. The van der Waals surface area contributed by atoms with E-state index in [0.717, 1.165) is 0 Å². The molecule has 0 radical (unpaired) electrons. The Morgan fingerprint density at radius 2 is 1.86 bits per heavy atom. The average Bonchev–Trinajstić information content (AvgIpc) is 2.01. The van der Waals surface area contributed by atoms with Gasteiger partial charge in [0.05, 0.1) is 10.7 Å². The number of halogens is 1. The van der Waals surface area contributed by atoms with Gasteiger partial charge in [-0.15, -0.1) is 4.83 Å². The Morgan fingerprint density at radius 3 is 2.36 bits per heavy atom. The molecule has 1 aromatic rings. The first-order chi connectivity index (χ1) is 5.99. The summed E-state index contributed by atoms with van der Waals surface area (Å²) in [5, 5.41) is 0.318. The molecule has 0 heterocycles. The molecule has 72 valence electrons. The van der Waals surface area contributed by atoms with Crippen LogP contribution in [0.1, 0.15) is 0 Å². The maximum atomic E-state index is 10.1. The van der Waals surface area contributed by atoms with Gasteiger partial charge in [0.25, 0.3) is 0 Å². The summed E-state index contributed by atoms with van der Waals surface area (Å²) in [6.07, 6.45) is 0. The van der Waals surface area contributed by atoms with Crippen molar-refractivity contribution in [2.24, 2.45) is 0 Å². The quantitative estimate of drug-likeness (QED) is 0.357. The largest absolute Gasteiger partial charge is 1.00 e. The van der Waals surface area contributed by atoms with Crippen LogP contribution >= 0.6 is 11.6 Å². The minimum Gasteiger partial charge on any atom is -0.734 e. The van der Waals surface area contributed by atoms with Crippen LogP contribution in [-0.2, 0) is 10.3 Å². The van der Waals surface area contributed by atoms with Gasteiger partial charge in [0, 0.05) is 0 Å². The van der Waals surface area contributed by atoms with E-state index in [-0.39, 0.29) is 29.6 Å². The molecule has 8 heteroatoms. The fourth-order valence-electron chi connectivity index (χ4n) is 0.680. The van der Waals surface area contributed by atoms with Gasteiger partial charge in [-0.05, 0) is 12.1 Å². The van der Waals surface area contributed by atoms with Crippen LogP contribution in [0.3, 0.4) is 0 Å². The molecule has 5 nitrogen and oxygen atoms in total. The second kappa shape index (κ2) is 5.92. The third kappa shape index (κ3) is 5.16. The zero-order chi connectivity index (χ0) is 9.90. The van der Waals surface area contributed by atoms with Crippen molar-refractivity contribution in [1.82, 2.24) is 4.83 Å². The number of rotatable bonds is 3. The molecule has 0 aromatic heterocycles. The Morgan fingerprint density at radius 1 is 1.29 bits per heavy atom. The Kier molecular flexibility index (Phi) is 5.99. The first kappa shape index (κ1) is 14.2. The van der Waals surface area contributed by atoms with Crippen molar-refractivity contribution in [3.05, 3.63) is 29.3 Å². The second-order valence-corrected chi connectivity index (χ2v) is 3.68. The van der Waals surface area contributed by atoms with Gasteiger partial charge in [-0.25, -0.2) is 8.42 Å². The molecule has 14 heavy (non-hydrogen) atoms. The fourth-order valence-corrected chi connectivity index (χ4v) is 1.10. The molecule has 0 amide bonds. The normalized spacial score (nSPS) is 10.4. The number of benzene rings is 1. The number of hydrogen-bond donors (Lipinski definition) is 2. The van der Waals surface area contributed by atoms with Gasteiger partial charge in [0.15, 0.2) is 10.3 Å². The summed E-state index contributed by atoms with van der Waals surface area (Å²) in [6, 6.07) is 6.41. The van der Waals surface area contributed by atoms with Crippen LogP contribution in [0.4, 0.5) is 5.69 Å². The summed E-state index contributed by atoms with van der Waals surface area (Å²) in [5.41, 5.74) is 2.49. The van der Waals surface area contributed by atoms with E-state index < -0.39 is 10.3 Å². The third-order valence-electron chi connectivity index (χ3n) is 1.18. The zero-order valence-electron chi connectivity index (χ0n) is 7.32. The molecule has 0 atom stereocenters. The maximum absolute atomic E-state index is 10.1.